The topological polar surface area (TPSA) is 34.1 Å². The van der Waals surface area contributed by atoms with Gasteiger partial charge in [-0.25, -0.2) is 0 Å². The SMILES string of the molecule is CC[Si](CC)(CC)OC(CNCC1CC(CC(C)(C)C)C1)c1c(Cl)cncc1Cl. The molecule has 1 aromatic heterocycles. The highest BCUT2D eigenvalue weighted by Gasteiger charge is 2.35. The minimum atomic E-state index is -1.80. The zero-order chi connectivity index (χ0) is 21.7. The molecule has 6 heteroatoms. The van der Waals surface area contributed by atoms with Crippen molar-refractivity contribution >= 4 is 31.5 Å². The van der Waals surface area contributed by atoms with Gasteiger partial charge in [-0.05, 0) is 61.2 Å². The van der Waals surface area contributed by atoms with Gasteiger partial charge >= 0.3 is 0 Å². The van der Waals surface area contributed by atoms with E-state index in [2.05, 4.69) is 51.8 Å². The third-order valence-corrected chi connectivity index (χ3v) is 11.8. The van der Waals surface area contributed by atoms with Crippen molar-refractivity contribution in [2.24, 2.45) is 17.3 Å². The second-order valence-corrected chi connectivity index (χ2v) is 15.5. The van der Waals surface area contributed by atoms with Gasteiger partial charge in [-0.1, -0.05) is 64.7 Å². The minimum Gasteiger partial charge on any atom is -0.409 e. The Morgan fingerprint density at radius 1 is 1.07 bits per heavy atom. The Morgan fingerprint density at radius 3 is 2.10 bits per heavy atom. The first-order valence-corrected chi connectivity index (χ1v) is 14.6. The van der Waals surface area contributed by atoms with E-state index in [-0.39, 0.29) is 6.10 Å². The van der Waals surface area contributed by atoms with E-state index in [1.54, 1.807) is 12.4 Å². The van der Waals surface area contributed by atoms with Gasteiger partial charge in [0.05, 0.1) is 16.1 Å². The van der Waals surface area contributed by atoms with E-state index >= 15 is 0 Å². The van der Waals surface area contributed by atoms with E-state index in [9.17, 15) is 0 Å². The minimum absolute atomic E-state index is 0.116. The second kappa shape index (κ2) is 10.9. The maximum absolute atomic E-state index is 6.83. The van der Waals surface area contributed by atoms with Crippen LogP contribution < -0.4 is 5.32 Å². The number of nitrogens with zero attached hydrogens (tertiary/aromatic N) is 1. The van der Waals surface area contributed by atoms with E-state index in [4.69, 9.17) is 27.6 Å². The Morgan fingerprint density at radius 2 is 1.62 bits per heavy atom. The molecule has 2 rings (SSSR count). The molecule has 0 bridgehead atoms. The smallest absolute Gasteiger partial charge is 0.192 e. The van der Waals surface area contributed by atoms with Crippen LogP contribution in [0.5, 0.6) is 0 Å². The predicted molar refractivity (Wildman–Crippen MR) is 128 cm³/mol. The van der Waals surface area contributed by atoms with Gasteiger partial charge in [-0.15, -0.1) is 0 Å². The van der Waals surface area contributed by atoms with Gasteiger partial charge in [0.25, 0.3) is 0 Å². The molecule has 1 N–H and O–H groups in total. The molecule has 1 saturated carbocycles. The maximum Gasteiger partial charge on any atom is 0.192 e. The summed E-state index contributed by atoms with van der Waals surface area (Å²) in [7, 11) is -1.80. The van der Waals surface area contributed by atoms with Crippen LogP contribution >= 0.6 is 23.2 Å². The van der Waals surface area contributed by atoms with Crippen molar-refractivity contribution in [2.45, 2.75) is 85.0 Å². The third kappa shape index (κ3) is 7.21. The van der Waals surface area contributed by atoms with Crippen molar-refractivity contribution < 1.29 is 4.43 Å². The summed E-state index contributed by atoms with van der Waals surface area (Å²) >= 11 is 13.0. The predicted octanol–water partition coefficient (Wildman–Crippen LogP) is 7.50. The Balaban J connectivity index is 2.00. The molecule has 1 heterocycles. The molecule has 0 radical (unpaired) electrons. The van der Waals surface area contributed by atoms with Crippen LogP contribution in [-0.4, -0.2) is 26.4 Å². The van der Waals surface area contributed by atoms with Gasteiger partial charge in [0.1, 0.15) is 0 Å². The van der Waals surface area contributed by atoms with Crippen LogP contribution in [0, 0.1) is 17.3 Å². The quantitative estimate of drug-likeness (QED) is 0.348. The van der Waals surface area contributed by atoms with Crippen LogP contribution in [0.25, 0.3) is 0 Å². The third-order valence-electron chi connectivity index (χ3n) is 6.53. The number of hydrogen-bond acceptors (Lipinski definition) is 3. The van der Waals surface area contributed by atoms with Crippen LogP contribution in [0.1, 0.15) is 72.5 Å². The number of rotatable bonds is 11. The monoisotopic (exact) mass is 458 g/mol. The Hall–Kier alpha value is -0.133. The van der Waals surface area contributed by atoms with E-state index in [0.717, 1.165) is 48.6 Å². The summed E-state index contributed by atoms with van der Waals surface area (Å²) in [5.74, 6) is 1.66. The zero-order valence-corrected chi connectivity index (χ0v) is 21.7. The normalized spacial score (nSPS) is 21.1. The molecule has 0 amide bonds. The molecule has 3 nitrogen and oxygen atoms in total. The summed E-state index contributed by atoms with van der Waals surface area (Å²) in [5, 5.41) is 4.88. The van der Waals surface area contributed by atoms with E-state index in [1.165, 1.54) is 19.3 Å². The Bertz CT molecular complexity index is 612. The summed E-state index contributed by atoms with van der Waals surface area (Å²) in [6.07, 6.45) is 7.24. The number of halogens is 2. The molecule has 1 unspecified atom stereocenters. The molecule has 166 valence electrons. The van der Waals surface area contributed by atoms with E-state index in [1.807, 2.05) is 0 Å². The van der Waals surface area contributed by atoms with Gasteiger partial charge in [0, 0.05) is 24.5 Å². The van der Waals surface area contributed by atoms with Crippen molar-refractivity contribution in [1.82, 2.24) is 10.3 Å². The second-order valence-electron chi connectivity index (χ2n) is 9.99. The van der Waals surface area contributed by atoms with Crippen molar-refractivity contribution in [2.75, 3.05) is 13.1 Å². The molecule has 0 aromatic carbocycles. The number of hydrogen-bond donors (Lipinski definition) is 1. The van der Waals surface area contributed by atoms with E-state index in [0.29, 0.717) is 15.5 Å². The van der Waals surface area contributed by atoms with Gasteiger partial charge < -0.3 is 9.74 Å². The van der Waals surface area contributed by atoms with Crippen molar-refractivity contribution in [1.29, 1.82) is 0 Å². The van der Waals surface area contributed by atoms with Crippen molar-refractivity contribution in [3.8, 4) is 0 Å². The van der Waals surface area contributed by atoms with Crippen LogP contribution in [0.4, 0.5) is 0 Å². The summed E-state index contributed by atoms with van der Waals surface area (Å²) in [6, 6.07) is 3.32. The molecule has 0 aliphatic heterocycles. The van der Waals surface area contributed by atoms with Gasteiger partial charge in [-0.3, -0.25) is 4.98 Å². The lowest BCUT2D eigenvalue weighted by Crippen LogP contribution is -2.41. The zero-order valence-electron chi connectivity index (χ0n) is 19.2. The fourth-order valence-electron chi connectivity index (χ4n) is 4.73. The summed E-state index contributed by atoms with van der Waals surface area (Å²) in [5.41, 5.74) is 1.33. The van der Waals surface area contributed by atoms with Crippen LogP contribution in [0.15, 0.2) is 12.4 Å². The molecular weight excluding hydrogens is 419 g/mol. The average Bonchev–Trinajstić information content (AvgIpc) is 2.62. The molecule has 0 saturated heterocycles. The molecule has 1 aromatic rings. The van der Waals surface area contributed by atoms with Gasteiger partial charge in [-0.2, -0.15) is 0 Å². The van der Waals surface area contributed by atoms with Gasteiger partial charge in [0.2, 0.25) is 0 Å². The summed E-state index contributed by atoms with van der Waals surface area (Å²) in [6.45, 7) is 15.6. The highest BCUT2D eigenvalue weighted by atomic mass is 35.5. The average molecular weight is 460 g/mol. The number of aromatic nitrogens is 1. The Labute approximate surface area is 189 Å². The fourth-order valence-corrected chi connectivity index (χ4v) is 8.14. The Kier molecular flexibility index (Phi) is 9.49. The lowest BCUT2D eigenvalue weighted by atomic mass is 9.68. The van der Waals surface area contributed by atoms with Crippen LogP contribution in [0.3, 0.4) is 0 Å². The largest absolute Gasteiger partial charge is 0.409 e. The molecule has 1 aliphatic carbocycles. The summed E-state index contributed by atoms with van der Waals surface area (Å²) in [4.78, 5) is 4.12. The molecular formula is C23H40Cl2N2OSi. The molecule has 29 heavy (non-hydrogen) atoms. The molecule has 1 fully saturated rings. The highest BCUT2D eigenvalue weighted by molar-refractivity contribution is 6.73. The lowest BCUT2D eigenvalue weighted by molar-refractivity contribution is 0.126. The van der Waals surface area contributed by atoms with E-state index < -0.39 is 8.32 Å². The van der Waals surface area contributed by atoms with Gasteiger partial charge in [0.15, 0.2) is 8.32 Å². The first kappa shape index (κ1) is 25.1. The highest BCUT2D eigenvalue weighted by Crippen LogP contribution is 2.41. The maximum atomic E-state index is 6.83. The molecule has 1 atom stereocenters. The molecule has 1 aliphatic rings. The lowest BCUT2D eigenvalue weighted by Gasteiger charge is -2.39. The van der Waals surface area contributed by atoms with Crippen LogP contribution in [0.2, 0.25) is 28.2 Å². The summed E-state index contributed by atoms with van der Waals surface area (Å²) < 4.78 is 6.83. The van der Waals surface area contributed by atoms with Crippen LogP contribution in [-0.2, 0) is 4.43 Å². The first-order chi connectivity index (χ1) is 13.6. The molecule has 0 spiro atoms. The van der Waals surface area contributed by atoms with Crippen molar-refractivity contribution in [3.63, 3.8) is 0 Å². The fraction of sp³-hybridized carbons (Fsp3) is 0.783. The number of nitrogens with one attached hydrogen (secondary N) is 1. The number of pyridine rings is 1. The first-order valence-electron chi connectivity index (χ1n) is 11.3. The van der Waals surface area contributed by atoms with Crippen molar-refractivity contribution in [3.05, 3.63) is 28.0 Å². The standard InChI is InChI=1S/C23H40Cl2N2OSi/c1-7-29(8-2,9-3)28-21(22-19(24)14-27-15-20(22)25)16-26-13-18-10-17(11-18)12-23(4,5)6/h14-15,17-18,21,26H,7-13,16H2,1-6H3.